The molecule has 1 aliphatic rings. The molecular formula is C11H16ClN3. The van der Waals surface area contributed by atoms with Crippen molar-refractivity contribution in [1.82, 2.24) is 10.2 Å². The summed E-state index contributed by atoms with van der Waals surface area (Å²) in [5.41, 5.74) is 0. The summed E-state index contributed by atoms with van der Waals surface area (Å²) >= 11 is 6.33. The Bertz CT molecular complexity index is 291. The van der Waals surface area contributed by atoms with Gasteiger partial charge in [0.15, 0.2) is 0 Å². The van der Waals surface area contributed by atoms with Gasteiger partial charge in [-0.3, -0.25) is 0 Å². The van der Waals surface area contributed by atoms with Gasteiger partial charge in [-0.1, -0.05) is 19.3 Å². The van der Waals surface area contributed by atoms with Crippen molar-refractivity contribution >= 4 is 17.4 Å². The van der Waals surface area contributed by atoms with Crippen LogP contribution in [0.1, 0.15) is 32.1 Å². The molecule has 0 aliphatic heterocycles. The number of alkyl halides is 1. The van der Waals surface area contributed by atoms with E-state index in [0.29, 0.717) is 6.04 Å². The monoisotopic (exact) mass is 225 g/mol. The second kappa shape index (κ2) is 5.31. The predicted molar refractivity (Wildman–Crippen MR) is 62.2 cm³/mol. The van der Waals surface area contributed by atoms with Crippen LogP contribution in [-0.2, 0) is 0 Å². The SMILES string of the molecule is ClC1CCCCCC1Nc1cccnn1. The van der Waals surface area contributed by atoms with Crippen molar-refractivity contribution in [3.63, 3.8) is 0 Å². The number of anilines is 1. The van der Waals surface area contributed by atoms with Crippen LogP contribution in [0.5, 0.6) is 0 Å². The van der Waals surface area contributed by atoms with Crippen LogP contribution < -0.4 is 5.32 Å². The molecule has 1 aromatic heterocycles. The lowest BCUT2D eigenvalue weighted by atomic mass is 10.1. The van der Waals surface area contributed by atoms with Crippen LogP contribution in [0.25, 0.3) is 0 Å². The maximum Gasteiger partial charge on any atom is 0.148 e. The molecule has 0 spiro atoms. The molecule has 0 aromatic carbocycles. The Morgan fingerprint density at radius 3 is 2.93 bits per heavy atom. The van der Waals surface area contributed by atoms with Gasteiger partial charge in [0.1, 0.15) is 5.82 Å². The zero-order valence-corrected chi connectivity index (χ0v) is 9.45. The van der Waals surface area contributed by atoms with Crippen LogP contribution in [0.3, 0.4) is 0 Å². The molecule has 1 aliphatic carbocycles. The van der Waals surface area contributed by atoms with E-state index in [0.717, 1.165) is 18.7 Å². The van der Waals surface area contributed by atoms with E-state index in [-0.39, 0.29) is 5.38 Å². The highest BCUT2D eigenvalue weighted by Gasteiger charge is 2.21. The Kier molecular flexibility index (Phi) is 3.78. The van der Waals surface area contributed by atoms with Crippen molar-refractivity contribution in [2.24, 2.45) is 0 Å². The molecule has 15 heavy (non-hydrogen) atoms. The minimum absolute atomic E-state index is 0.217. The second-order valence-corrected chi connectivity index (χ2v) is 4.57. The topological polar surface area (TPSA) is 37.8 Å². The normalized spacial score (nSPS) is 27.0. The Hall–Kier alpha value is -0.830. The highest BCUT2D eigenvalue weighted by Crippen LogP contribution is 2.24. The maximum absolute atomic E-state index is 6.33. The summed E-state index contributed by atoms with van der Waals surface area (Å²) < 4.78 is 0. The van der Waals surface area contributed by atoms with Gasteiger partial charge in [-0.2, -0.15) is 5.10 Å². The molecule has 2 unspecified atom stereocenters. The number of hydrogen-bond acceptors (Lipinski definition) is 3. The first-order valence-corrected chi connectivity index (χ1v) is 5.98. The van der Waals surface area contributed by atoms with Crippen LogP contribution in [0.2, 0.25) is 0 Å². The summed E-state index contributed by atoms with van der Waals surface area (Å²) in [5.74, 6) is 0.829. The fourth-order valence-electron chi connectivity index (χ4n) is 1.99. The van der Waals surface area contributed by atoms with Gasteiger partial charge in [0.05, 0.1) is 5.38 Å². The van der Waals surface area contributed by atoms with E-state index in [1.165, 1.54) is 19.3 Å². The minimum atomic E-state index is 0.217. The maximum atomic E-state index is 6.33. The van der Waals surface area contributed by atoms with Gasteiger partial charge >= 0.3 is 0 Å². The van der Waals surface area contributed by atoms with E-state index < -0.39 is 0 Å². The van der Waals surface area contributed by atoms with Crippen LogP contribution >= 0.6 is 11.6 Å². The molecule has 1 fully saturated rings. The van der Waals surface area contributed by atoms with Crippen LogP contribution in [0.4, 0.5) is 5.82 Å². The summed E-state index contributed by atoms with van der Waals surface area (Å²) in [6, 6.07) is 4.16. The highest BCUT2D eigenvalue weighted by molar-refractivity contribution is 6.21. The Labute approximate surface area is 95.2 Å². The Morgan fingerprint density at radius 2 is 2.13 bits per heavy atom. The van der Waals surface area contributed by atoms with Crippen molar-refractivity contribution in [3.05, 3.63) is 18.3 Å². The van der Waals surface area contributed by atoms with Crippen molar-refractivity contribution in [2.45, 2.75) is 43.5 Å². The molecule has 0 bridgehead atoms. The highest BCUT2D eigenvalue weighted by atomic mass is 35.5. The van der Waals surface area contributed by atoms with E-state index in [1.807, 2.05) is 12.1 Å². The molecule has 1 aromatic rings. The first kappa shape index (κ1) is 10.7. The zero-order chi connectivity index (χ0) is 10.5. The summed E-state index contributed by atoms with van der Waals surface area (Å²) in [5, 5.41) is 11.4. The molecule has 3 nitrogen and oxygen atoms in total. The molecule has 82 valence electrons. The molecule has 2 atom stereocenters. The second-order valence-electron chi connectivity index (χ2n) is 4.01. The molecule has 0 saturated heterocycles. The van der Waals surface area contributed by atoms with Gasteiger partial charge in [0, 0.05) is 12.2 Å². The van der Waals surface area contributed by atoms with Crippen LogP contribution in [0, 0.1) is 0 Å². The van der Waals surface area contributed by atoms with Gasteiger partial charge in [0.2, 0.25) is 0 Å². The number of aromatic nitrogens is 2. The first-order chi connectivity index (χ1) is 7.36. The number of halogens is 1. The van der Waals surface area contributed by atoms with Crippen LogP contribution in [0.15, 0.2) is 18.3 Å². The number of rotatable bonds is 2. The van der Waals surface area contributed by atoms with Gasteiger partial charge in [-0.25, -0.2) is 0 Å². The molecule has 1 saturated carbocycles. The van der Waals surface area contributed by atoms with Crippen molar-refractivity contribution < 1.29 is 0 Å². The third-order valence-corrected chi connectivity index (χ3v) is 3.36. The third kappa shape index (κ3) is 3.06. The largest absolute Gasteiger partial charge is 0.364 e. The molecule has 1 N–H and O–H groups in total. The van der Waals surface area contributed by atoms with Gasteiger partial charge < -0.3 is 5.32 Å². The lowest BCUT2D eigenvalue weighted by Gasteiger charge is -2.21. The Balaban J connectivity index is 1.97. The quantitative estimate of drug-likeness (QED) is 0.621. The van der Waals surface area contributed by atoms with Gasteiger partial charge in [0.25, 0.3) is 0 Å². The fraction of sp³-hybridized carbons (Fsp3) is 0.636. The third-order valence-electron chi connectivity index (χ3n) is 2.84. The first-order valence-electron chi connectivity index (χ1n) is 5.54. The van der Waals surface area contributed by atoms with Gasteiger partial charge in [-0.05, 0) is 25.0 Å². The van der Waals surface area contributed by atoms with Crippen LogP contribution in [-0.4, -0.2) is 21.6 Å². The lowest BCUT2D eigenvalue weighted by Crippen LogP contribution is -2.29. The number of nitrogens with zero attached hydrogens (tertiary/aromatic N) is 2. The Morgan fingerprint density at radius 1 is 1.27 bits per heavy atom. The summed E-state index contributed by atoms with van der Waals surface area (Å²) in [4.78, 5) is 0. The van der Waals surface area contributed by atoms with Crippen molar-refractivity contribution in [2.75, 3.05) is 5.32 Å². The molecule has 0 radical (unpaired) electrons. The average molecular weight is 226 g/mol. The molecule has 1 heterocycles. The average Bonchev–Trinajstić information content (AvgIpc) is 2.46. The standard InChI is InChI=1S/C11H16ClN3/c12-9-5-2-1-3-6-10(9)14-11-7-4-8-13-15-11/h4,7-10H,1-3,5-6H2,(H,14,15). The molecule has 2 rings (SSSR count). The van der Waals surface area contributed by atoms with E-state index in [1.54, 1.807) is 6.20 Å². The summed E-state index contributed by atoms with van der Waals surface area (Å²) in [6.07, 6.45) is 7.69. The van der Waals surface area contributed by atoms with Crippen molar-refractivity contribution in [1.29, 1.82) is 0 Å². The fourth-order valence-corrected chi connectivity index (χ4v) is 2.34. The molecule has 4 heteroatoms. The van der Waals surface area contributed by atoms with E-state index in [4.69, 9.17) is 11.6 Å². The zero-order valence-electron chi connectivity index (χ0n) is 8.69. The molecule has 0 amide bonds. The van der Waals surface area contributed by atoms with Crippen molar-refractivity contribution in [3.8, 4) is 0 Å². The minimum Gasteiger partial charge on any atom is -0.364 e. The van der Waals surface area contributed by atoms with Gasteiger partial charge in [-0.15, -0.1) is 16.7 Å². The number of hydrogen-bond donors (Lipinski definition) is 1. The van der Waals surface area contributed by atoms with E-state index in [2.05, 4.69) is 15.5 Å². The lowest BCUT2D eigenvalue weighted by molar-refractivity contribution is 0.623. The molecular weight excluding hydrogens is 210 g/mol. The van der Waals surface area contributed by atoms with E-state index >= 15 is 0 Å². The van der Waals surface area contributed by atoms with E-state index in [9.17, 15) is 0 Å². The smallest absolute Gasteiger partial charge is 0.148 e. The number of nitrogens with one attached hydrogen (secondary N) is 1. The predicted octanol–water partition coefficient (Wildman–Crippen LogP) is 2.83. The summed E-state index contributed by atoms with van der Waals surface area (Å²) in [7, 11) is 0. The summed E-state index contributed by atoms with van der Waals surface area (Å²) in [6.45, 7) is 0.